The maximum absolute atomic E-state index is 12.8. The van der Waals surface area contributed by atoms with Crippen molar-refractivity contribution in [3.05, 3.63) is 23.3 Å². The summed E-state index contributed by atoms with van der Waals surface area (Å²) in [5.74, 6) is 0. The molecular formula is C14H22N2O2S. The number of nitrogen functional groups attached to an aromatic ring is 1. The molecule has 19 heavy (non-hydrogen) atoms. The van der Waals surface area contributed by atoms with E-state index in [9.17, 15) is 8.42 Å². The summed E-state index contributed by atoms with van der Waals surface area (Å²) in [4.78, 5) is 0.366. The number of nitrogens with zero attached hydrogens (tertiary/aromatic N) is 1. The second-order valence-corrected chi connectivity index (χ2v) is 7.16. The van der Waals surface area contributed by atoms with Gasteiger partial charge in [0, 0.05) is 18.3 Å². The fourth-order valence-electron chi connectivity index (χ4n) is 2.78. The van der Waals surface area contributed by atoms with E-state index in [0.717, 1.165) is 24.8 Å². The quantitative estimate of drug-likeness (QED) is 0.866. The molecule has 0 amide bonds. The lowest BCUT2D eigenvalue weighted by atomic mass is 10.1. The van der Waals surface area contributed by atoms with Gasteiger partial charge in [-0.25, -0.2) is 8.42 Å². The number of benzene rings is 1. The van der Waals surface area contributed by atoms with Crippen molar-refractivity contribution in [2.24, 2.45) is 0 Å². The Kier molecular flexibility index (Phi) is 3.87. The van der Waals surface area contributed by atoms with E-state index in [1.165, 1.54) is 0 Å². The van der Waals surface area contributed by atoms with Gasteiger partial charge >= 0.3 is 0 Å². The van der Waals surface area contributed by atoms with E-state index in [0.29, 0.717) is 22.7 Å². The molecule has 1 unspecified atom stereocenters. The highest BCUT2D eigenvalue weighted by atomic mass is 32.2. The van der Waals surface area contributed by atoms with Crippen LogP contribution in [-0.2, 0) is 10.0 Å². The van der Waals surface area contributed by atoms with E-state index in [-0.39, 0.29) is 6.04 Å². The van der Waals surface area contributed by atoms with E-state index in [4.69, 9.17) is 5.73 Å². The van der Waals surface area contributed by atoms with Crippen molar-refractivity contribution < 1.29 is 8.42 Å². The molecule has 0 bridgehead atoms. The third kappa shape index (κ3) is 2.49. The molecule has 1 atom stereocenters. The molecule has 106 valence electrons. The van der Waals surface area contributed by atoms with Crippen LogP contribution in [0.4, 0.5) is 5.69 Å². The van der Waals surface area contributed by atoms with Gasteiger partial charge in [0.1, 0.15) is 0 Å². The molecule has 0 spiro atoms. The van der Waals surface area contributed by atoms with Gasteiger partial charge in [0.05, 0.1) is 4.90 Å². The van der Waals surface area contributed by atoms with Crippen molar-refractivity contribution in [2.45, 2.75) is 51.0 Å². The van der Waals surface area contributed by atoms with Crippen LogP contribution in [-0.4, -0.2) is 25.3 Å². The molecule has 1 aliphatic rings. The zero-order chi connectivity index (χ0) is 14.2. The van der Waals surface area contributed by atoms with E-state index in [2.05, 4.69) is 0 Å². The minimum atomic E-state index is -3.42. The molecule has 1 heterocycles. The Bertz CT molecular complexity index is 581. The van der Waals surface area contributed by atoms with Gasteiger partial charge in [-0.05, 0) is 56.4 Å². The van der Waals surface area contributed by atoms with Gasteiger partial charge in [0.2, 0.25) is 10.0 Å². The van der Waals surface area contributed by atoms with Crippen LogP contribution in [0.2, 0.25) is 0 Å². The molecule has 2 N–H and O–H groups in total. The van der Waals surface area contributed by atoms with Gasteiger partial charge in [0.25, 0.3) is 0 Å². The highest BCUT2D eigenvalue weighted by Gasteiger charge is 2.35. The number of anilines is 1. The van der Waals surface area contributed by atoms with Crippen molar-refractivity contribution in [1.29, 1.82) is 0 Å². The lowest BCUT2D eigenvalue weighted by Gasteiger charge is -2.24. The highest BCUT2D eigenvalue weighted by molar-refractivity contribution is 7.89. The zero-order valence-electron chi connectivity index (χ0n) is 11.8. The van der Waals surface area contributed by atoms with Crippen molar-refractivity contribution >= 4 is 15.7 Å². The van der Waals surface area contributed by atoms with E-state index >= 15 is 0 Å². The number of rotatable bonds is 3. The summed E-state index contributed by atoms with van der Waals surface area (Å²) in [6, 6.07) is 3.67. The number of hydrogen-bond acceptors (Lipinski definition) is 3. The Balaban J connectivity index is 2.51. The average Bonchev–Trinajstić information content (AvgIpc) is 2.82. The molecule has 5 heteroatoms. The molecule has 1 aliphatic heterocycles. The Labute approximate surface area is 115 Å². The summed E-state index contributed by atoms with van der Waals surface area (Å²) >= 11 is 0. The third-order valence-corrected chi connectivity index (χ3v) is 6.00. The number of aryl methyl sites for hydroxylation is 1. The smallest absolute Gasteiger partial charge is 0.243 e. The average molecular weight is 282 g/mol. The first kappa shape index (κ1) is 14.3. The third-order valence-electron chi connectivity index (χ3n) is 3.93. The monoisotopic (exact) mass is 282 g/mol. The SMILES string of the molecule is CCC1CCCN1S(=O)(=O)c1cc(C)cc(N)c1C. The Morgan fingerprint density at radius 3 is 2.68 bits per heavy atom. The van der Waals surface area contributed by atoms with Gasteiger partial charge < -0.3 is 5.73 Å². The Morgan fingerprint density at radius 2 is 2.05 bits per heavy atom. The van der Waals surface area contributed by atoms with Gasteiger partial charge in [-0.3, -0.25) is 0 Å². The van der Waals surface area contributed by atoms with Gasteiger partial charge in [-0.2, -0.15) is 4.31 Å². The molecule has 1 aromatic carbocycles. The molecule has 1 fully saturated rings. The first-order chi connectivity index (χ1) is 8.87. The molecule has 2 rings (SSSR count). The standard InChI is InChI=1S/C14H22N2O2S/c1-4-12-6-5-7-16(12)19(17,18)14-9-10(2)8-13(15)11(14)3/h8-9,12H,4-7,15H2,1-3H3. The summed E-state index contributed by atoms with van der Waals surface area (Å²) < 4.78 is 27.2. The van der Waals surface area contributed by atoms with Gasteiger partial charge in [-0.15, -0.1) is 0 Å². The minimum Gasteiger partial charge on any atom is -0.398 e. The number of nitrogens with two attached hydrogens (primary N) is 1. The summed E-state index contributed by atoms with van der Waals surface area (Å²) in [6.07, 6.45) is 2.76. The molecule has 1 saturated heterocycles. The Hall–Kier alpha value is -1.07. The summed E-state index contributed by atoms with van der Waals surface area (Å²) in [7, 11) is -3.42. The molecule has 1 aromatic rings. The van der Waals surface area contributed by atoms with Crippen molar-refractivity contribution in [2.75, 3.05) is 12.3 Å². The molecule has 0 aromatic heterocycles. The molecule has 0 saturated carbocycles. The Morgan fingerprint density at radius 1 is 1.37 bits per heavy atom. The van der Waals surface area contributed by atoms with Crippen LogP contribution in [0.1, 0.15) is 37.3 Å². The van der Waals surface area contributed by atoms with Crippen LogP contribution >= 0.6 is 0 Å². The van der Waals surface area contributed by atoms with Crippen molar-refractivity contribution in [1.82, 2.24) is 4.31 Å². The van der Waals surface area contributed by atoms with Crippen LogP contribution < -0.4 is 5.73 Å². The predicted octanol–water partition coefficient (Wildman–Crippen LogP) is 2.45. The van der Waals surface area contributed by atoms with Gasteiger partial charge in [-0.1, -0.05) is 6.92 Å². The van der Waals surface area contributed by atoms with Crippen molar-refractivity contribution in [3.8, 4) is 0 Å². The van der Waals surface area contributed by atoms with Crippen LogP contribution in [0.25, 0.3) is 0 Å². The van der Waals surface area contributed by atoms with Crippen LogP contribution in [0.5, 0.6) is 0 Å². The van der Waals surface area contributed by atoms with Crippen LogP contribution in [0.3, 0.4) is 0 Å². The molecule has 4 nitrogen and oxygen atoms in total. The summed E-state index contributed by atoms with van der Waals surface area (Å²) in [5, 5.41) is 0. The fourth-order valence-corrected chi connectivity index (χ4v) is 4.89. The van der Waals surface area contributed by atoms with Gasteiger partial charge in [0.15, 0.2) is 0 Å². The molecule has 0 radical (unpaired) electrons. The van der Waals surface area contributed by atoms with E-state index in [1.54, 1.807) is 17.3 Å². The zero-order valence-corrected chi connectivity index (χ0v) is 12.6. The largest absolute Gasteiger partial charge is 0.398 e. The highest BCUT2D eigenvalue weighted by Crippen LogP contribution is 2.31. The maximum Gasteiger partial charge on any atom is 0.243 e. The topological polar surface area (TPSA) is 63.4 Å². The molecule has 0 aliphatic carbocycles. The second kappa shape index (κ2) is 5.13. The summed E-state index contributed by atoms with van der Waals surface area (Å²) in [5.41, 5.74) is 7.99. The molecular weight excluding hydrogens is 260 g/mol. The maximum atomic E-state index is 12.8. The first-order valence-electron chi connectivity index (χ1n) is 6.76. The lowest BCUT2D eigenvalue weighted by Crippen LogP contribution is -2.35. The van der Waals surface area contributed by atoms with E-state index < -0.39 is 10.0 Å². The fraction of sp³-hybridized carbons (Fsp3) is 0.571. The minimum absolute atomic E-state index is 0.131. The van der Waals surface area contributed by atoms with Crippen molar-refractivity contribution in [3.63, 3.8) is 0 Å². The number of sulfonamides is 1. The van der Waals surface area contributed by atoms with Crippen LogP contribution in [0, 0.1) is 13.8 Å². The normalized spacial score (nSPS) is 20.9. The summed E-state index contributed by atoms with van der Waals surface area (Å²) in [6.45, 7) is 6.30. The predicted molar refractivity (Wildman–Crippen MR) is 77.5 cm³/mol. The van der Waals surface area contributed by atoms with E-state index in [1.807, 2.05) is 19.9 Å². The lowest BCUT2D eigenvalue weighted by molar-refractivity contribution is 0.379. The second-order valence-electron chi connectivity index (χ2n) is 5.30. The van der Waals surface area contributed by atoms with Crippen LogP contribution in [0.15, 0.2) is 17.0 Å². The first-order valence-corrected chi connectivity index (χ1v) is 8.20. The number of hydrogen-bond donors (Lipinski definition) is 1.